The summed E-state index contributed by atoms with van der Waals surface area (Å²) in [5, 5.41) is 2.53. The normalized spacial score (nSPS) is 15.8. The highest BCUT2D eigenvalue weighted by atomic mass is 35.5. The van der Waals surface area contributed by atoms with E-state index in [4.69, 9.17) is 32.4 Å². The molecule has 6 heteroatoms. The Morgan fingerprint density at radius 1 is 1.25 bits per heavy atom. The Bertz CT molecular complexity index is 654. The Labute approximate surface area is 125 Å². The van der Waals surface area contributed by atoms with Gasteiger partial charge in [0.15, 0.2) is 5.22 Å². The highest BCUT2D eigenvalue weighted by Gasteiger charge is 2.21. The third kappa shape index (κ3) is 2.49. The van der Waals surface area contributed by atoms with E-state index in [2.05, 4.69) is 5.32 Å². The highest BCUT2D eigenvalue weighted by Crippen LogP contribution is 2.34. The van der Waals surface area contributed by atoms with Gasteiger partial charge in [0.2, 0.25) is 0 Å². The second-order valence-corrected chi connectivity index (χ2v) is 5.17. The van der Waals surface area contributed by atoms with Crippen LogP contribution in [0.4, 0.5) is 0 Å². The van der Waals surface area contributed by atoms with Crippen LogP contribution in [0, 0.1) is 0 Å². The lowest BCUT2D eigenvalue weighted by Gasteiger charge is -2.11. The molecule has 4 nitrogen and oxygen atoms in total. The molecule has 0 saturated heterocycles. The first-order valence-corrected chi connectivity index (χ1v) is 6.91. The molecule has 1 atom stereocenters. The molecule has 20 heavy (non-hydrogen) atoms. The van der Waals surface area contributed by atoms with Gasteiger partial charge in [0.1, 0.15) is 23.5 Å². The molecule has 0 spiro atoms. The van der Waals surface area contributed by atoms with Crippen LogP contribution < -0.4 is 10.1 Å². The number of nitrogens with one attached hydrogen (secondary N) is 1. The zero-order valence-electron chi connectivity index (χ0n) is 10.4. The largest absolute Gasteiger partial charge is 0.491 e. The molecule has 104 valence electrons. The predicted molar refractivity (Wildman–Crippen MR) is 75.7 cm³/mol. The van der Waals surface area contributed by atoms with E-state index >= 15 is 0 Å². The number of fused-ring (bicyclic) bond motifs is 1. The Hall–Kier alpha value is -1.65. The third-order valence-corrected chi connectivity index (χ3v) is 3.70. The quantitative estimate of drug-likeness (QED) is 0.865. The number of amides is 1. The molecule has 1 unspecified atom stereocenters. The van der Waals surface area contributed by atoms with E-state index in [9.17, 15) is 4.79 Å². The fourth-order valence-electron chi connectivity index (χ4n) is 2.06. The van der Waals surface area contributed by atoms with Gasteiger partial charge in [-0.2, -0.15) is 0 Å². The predicted octanol–water partition coefficient (Wildman–Crippen LogP) is 3.38. The molecule has 1 N–H and O–H groups in total. The van der Waals surface area contributed by atoms with Crippen LogP contribution in [0.5, 0.6) is 5.75 Å². The van der Waals surface area contributed by atoms with Crippen molar-refractivity contribution >= 4 is 29.1 Å². The van der Waals surface area contributed by atoms with Crippen molar-refractivity contribution < 1.29 is 13.9 Å². The molecule has 0 fully saturated rings. The number of hydrogen-bond acceptors (Lipinski definition) is 3. The average molecular weight is 312 g/mol. The van der Waals surface area contributed by atoms with E-state index in [1.807, 2.05) is 6.07 Å². The van der Waals surface area contributed by atoms with Crippen LogP contribution in [-0.4, -0.2) is 19.1 Å². The summed E-state index contributed by atoms with van der Waals surface area (Å²) in [5.74, 6) is 0.928. The van der Waals surface area contributed by atoms with Gasteiger partial charge >= 0.3 is 0 Å². The van der Waals surface area contributed by atoms with Gasteiger partial charge in [-0.3, -0.25) is 4.79 Å². The summed E-state index contributed by atoms with van der Waals surface area (Å²) >= 11 is 12.1. The number of rotatable bonds is 2. The fraction of sp³-hybridized carbons (Fsp3) is 0.214. The first-order chi connectivity index (χ1) is 9.65. The number of halogens is 2. The Morgan fingerprint density at radius 2 is 2.10 bits per heavy atom. The smallest absolute Gasteiger partial charge is 0.255 e. The van der Waals surface area contributed by atoms with Gasteiger partial charge in [0, 0.05) is 0 Å². The SMILES string of the molecule is O=C1NCCOc2ccc(C(Cl)c3ccc(Cl)o3)cc21. The van der Waals surface area contributed by atoms with Crippen molar-refractivity contribution in [3.05, 3.63) is 52.4 Å². The summed E-state index contributed by atoms with van der Waals surface area (Å²) < 4.78 is 10.8. The lowest BCUT2D eigenvalue weighted by molar-refractivity contribution is 0.0957. The maximum atomic E-state index is 11.9. The number of furan rings is 1. The minimum Gasteiger partial charge on any atom is -0.491 e. The van der Waals surface area contributed by atoms with E-state index in [1.165, 1.54) is 0 Å². The van der Waals surface area contributed by atoms with Crippen LogP contribution in [0.25, 0.3) is 0 Å². The molecule has 1 aliphatic heterocycles. The summed E-state index contributed by atoms with van der Waals surface area (Å²) in [6, 6.07) is 8.61. The van der Waals surface area contributed by atoms with Crippen LogP contribution >= 0.6 is 23.2 Å². The molecule has 3 rings (SSSR count). The number of hydrogen-bond donors (Lipinski definition) is 1. The van der Waals surface area contributed by atoms with Gasteiger partial charge in [-0.1, -0.05) is 6.07 Å². The van der Waals surface area contributed by atoms with E-state index in [1.54, 1.807) is 24.3 Å². The zero-order chi connectivity index (χ0) is 14.1. The second kappa shape index (κ2) is 5.38. The van der Waals surface area contributed by atoms with Crippen molar-refractivity contribution in [2.24, 2.45) is 0 Å². The van der Waals surface area contributed by atoms with Crippen molar-refractivity contribution in [3.63, 3.8) is 0 Å². The maximum Gasteiger partial charge on any atom is 0.255 e. The molecule has 0 saturated carbocycles. The van der Waals surface area contributed by atoms with Gasteiger partial charge in [-0.25, -0.2) is 0 Å². The first-order valence-electron chi connectivity index (χ1n) is 6.09. The van der Waals surface area contributed by atoms with Crippen molar-refractivity contribution in [1.29, 1.82) is 0 Å². The molecular weight excluding hydrogens is 301 g/mol. The summed E-state index contributed by atoms with van der Waals surface area (Å²) in [4.78, 5) is 11.9. The van der Waals surface area contributed by atoms with E-state index in [-0.39, 0.29) is 11.1 Å². The summed E-state index contributed by atoms with van der Waals surface area (Å²) in [6.45, 7) is 0.942. The molecule has 1 aliphatic rings. The zero-order valence-corrected chi connectivity index (χ0v) is 11.9. The van der Waals surface area contributed by atoms with E-state index in [0.717, 1.165) is 5.56 Å². The summed E-state index contributed by atoms with van der Waals surface area (Å²) in [6.07, 6.45) is 0. The van der Waals surface area contributed by atoms with Gasteiger partial charge in [0.05, 0.1) is 12.1 Å². The second-order valence-electron chi connectivity index (χ2n) is 4.36. The third-order valence-electron chi connectivity index (χ3n) is 3.03. The topological polar surface area (TPSA) is 51.5 Å². The molecular formula is C14H11Cl2NO3. The lowest BCUT2D eigenvalue weighted by atomic mass is 10.0. The molecule has 1 amide bonds. The van der Waals surface area contributed by atoms with Crippen molar-refractivity contribution in [1.82, 2.24) is 5.32 Å². The highest BCUT2D eigenvalue weighted by molar-refractivity contribution is 6.29. The summed E-state index contributed by atoms with van der Waals surface area (Å²) in [5.41, 5.74) is 1.22. The monoisotopic (exact) mass is 311 g/mol. The van der Waals surface area contributed by atoms with Crippen LogP contribution in [0.1, 0.15) is 27.1 Å². The molecule has 0 bridgehead atoms. The van der Waals surface area contributed by atoms with Crippen molar-refractivity contribution in [3.8, 4) is 5.75 Å². The number of carbonyl (C=O) groups is 1. The first kappa shape index (κ1) is 13.3. The van der Waals surface area contributed by atoms with E-state index < -0.39 is 5.38 Å². The molecule has 0 radical (unpaired) electrons. The molecule has 1 aromatic heterocycles. The minimum absolute atomic E-state index is 0.166. The molecule has 0 aliphatic carbocycles. The molecule has 2 heterocycles. The van der Waals surface area contributed by atoms with Gasteiger partial charge in [-0.15, -0.1) is 11.6 Å². The average Bonchev–Trinajstić information content (AvgIpc) is 2.80. The Balaban J connectivity index is 1.97. The van der Waals surface area contributed by atoms with Gasteiger partial charge < -0.3 is 14.5 Å². The number of alkyl halides is 1. The Morgan fingerprint density at radius 3 is 2.85 bits per heavy atom. The van der Waals surface area contributed by atoms with Crippen molar-refractivity contribution in [2.45, 2.75) is 5.38 Å². The Kier molecular flexibility index (Phi) is 3.59. The van der Waals surface area contributed by atoms with E-state index in [0.29, 0.717) is 30.2 Å². The fourth-order valence-corrected chi connectivity index (χ4v) is 2.46. The minimum atomic E-state index is -0.510. The van der Waals surface area contributed by atoms with Crippen LogP contribution in [0.3, 0.4) is 0 Å². The van der Waals surface area contributed by atoms with Gasteiger partial charge in [-0.05, 0) is 41.4 Å². The number of carbonyl (C=O) groups excluding carboxylic acids is 1. The van der Waals surface area contributed by atoms with Gasteiger partial charge in [0.25, 0.3) is 5.91 Å². The van der Waals surface area contributed by atoms with Crippen molar-refractivity contribution in [2.75, 3.05) is 13.2 Å². The van der Waals surface area contributed by atoms with Crippen LogP contribution in [0.2, 0.25) is 5.22 Å². The molecule has 2 aromatic rings. The number of benzene rings is 1. The van der Waals surface area contributed by atoms with Crippen LogP contribution in [0.15, 0.2) is 34.7 Å². The van der Waals surface area contributed by atoms with Crippen LogP contribution in [-0.2, 0) is 0 Å². The maximum absolute atomic E-state index is 11.9. The summed E-state index contributed by atoms with van der Waals surface area (Å²) in [7, 11) is 0. The molecule has 1 aromatic carbocycles. The standard InChI is InChI=1S/C14H11Cl2NO3/c15-12-4-3-11(20-12)13(16)8-1-2-10-9(7-8)14(18)17-5-6-19-10/h1-4,7,13H,5-6H2,(H,17,18). The lowest BCUT2D eigenvalue weighted by Crippen LogP contribution is -2.24. The number of ether oxygens (including phenoxy) is 1.